The second-order valence-corrected chi connectivity index (χ2v) is 7.69. The minimum Gasteiger partial charge on any atom is -0.350 e. The Morgan fingerprint density at radius 1 is 1.35 bits per heavy atom. The number of carbonyl (C=O) groups excluding carboxylic acids is 1. The SMILES string of the molecule is CCC(C)(C)NC(=O)C(C)S(=O)(=O)C(C)CN. The number of nitrogens with two attached hydrogens (primary N) is 1. The second kappa shape index (κ2) is 5.82. The maximum Gasteiger partial charge on any atom is 0.238 e. The van der Waals surface area contributed by atoms with Gasteiger partial charge >= 0.3 is 0 Å². The van der Waals surface area contributed by atoms with E-state index in [4.69, 9.17) is 5.73 Å². The van der Waals surface area contributed by atoms with Crippen LogP contribution >= 0.6 is 0 Å². The molecule has 0 radical (unpaired) electrons. The van der Waals surface area contributed by atoms with Gasteiger partial charge in [-0.25, -0.2) is 8.42 Å². The van der Waals surface area contributed by atoms with Crippen LogP contribution in [0.15, 0.2) is 0 Å². The molecule has 5 nitrogen and oxygen atoms in total. The Bertz CT molecular complexity index is 363. The van der Waals surface area contributed by atoms with Gasteiger partial charge in [0.1, 0.15) is 5.25 Å². The van der Waals surface area contributed by atoms with Crippen molar-refractivity contribution < 1.29 is 13.2 Å². The summed E-state index contributed by atoms with van der Waals surface area (Å²) in [6.45, 7) is 8.60. The van der Waals surface area contributed by atoms with E-state index in [2.05, 4.69) is 5.32 Å². The number of sulfone groups is 1. The van der Waals surface area contributed by atoms with Gasteiger partial charge in [0, 0.05) is 12.1 Å². The third-order valence-electron chi connectivity index (χ3n) is 3.10. The first-order chi connectivity index (χ1) is 7.58. The zero-order valence-electron chi connectivity index (χ0n) is 11.3. The minimum absolute atomic E-state index is 0.0249. The molecule has 1 amide bonds. The molecule has 0 aliphatic heterocycles. The lowest BCUT2D eigenvalue weighted by Crippen LogP contribution is -2.50. The molecule has 3 N–H and O–H groups in total. The van der Waals surface area contributed by atoms with Crippen molar-refractivity contribution in [3.8, 4) is 0 Å². The first-order valence-electron chi connectivity index (χ1n) is 5.83. The molecule has 0 saturated carbocycles. The van der Waals surface area contributed by atoms with Crippen LogP contribution < -0.4 is 11.1 Å². The largest absolute Gasteiger partial charge is 0.350 e. The maximum absolute atomic E-state index is 11.9. The lowest BCUT2D eigenvalue weighted by atomic mass is 10.0. The predicted molar refractivity (Wildman–Crippen MR) is 69.4 cm³/mol. The van der Waals surface area contributed by atoms with E-state index in [9.17, 15) is 13.2 Å². The summed E-state index contributed by atoms with van der Waals surface area (Å²) in [6.07, 6.45) is 0.734. The number of amides is 1. The fourth-order valence-electron chi connectivity index (χ4n) is 1.16. The van der Waals surface area contributed by atoms with E-state index in [0.29, 0.717) is 0 Å². The summed E-state index contributed by atoms with van der Waals surface area (Å²) >= 11 is 0. The van der Waals surface area contributed by atoms with Gasteiger partial charge in [0.25, 0.3) is 0 Å². The Morgan fingerprint density at radius 3 is 2.18 bits per heavy atom. The van der Waals surface area contributed by atoms with E-state index >= 15 is 0 Å². The third kappa shape index (κ3) is 4.27. The second-order valence-electron chi connectivity index (χ2n) is 5.00. The molecule has 0 spiro atoms. The minimum atomic E-state index is -3.51. The Kier molecular flexibility index (Phi) is 5.61. The van der Waals surface area contributed by atoms with E-state index in [1.54, 1.807) is 0 Å². The van der Waals surface area contributed by atoms with E-state index in [1.165, 1.54) is 13.8 Å². The van der Waals surface area contributed by atoms with Gasteiger partial charge < -0.3 is 11.1 Å². The maximum atomic E-state index is 11.9. The molecule has 0 aliphatic rings. The Labute approximate surface area is 104 Å². The average Bonchev–Trinajstić information content (AvgIpc) is 2.26. The highest BCUT2D eigenvalue weighted by atomic mass is 32.2. The molecular weight excluding hydrogens is 240 g/mol. The molecule has 0 aromatic carbocycles. The van der Waals surface area contributed by atoms with Gasteiger partial charge in [-0.3, -0.25) is 4.79 Å². The van der Waals surface area contributed by atoms with Crippen molar-refractivity contribution in [3.63, 3.8) is 0 Å². The summed E-state index contributed by atoms with van der Waals surface area (Å²) in [5.41, 5.74) is 4.94. The lowest BCUT2D eigenvalue weighted by molar-refractivity contribution is -0.122. The number of hydrogen-bond donors (Lipinski definition) is 2. The van der Waals surface area contributed by atoms with Crippen LogP contribution in [0.5, 0.6) is 0 Å². The van der Waals surface area contributed by atoms with E-state index in [1.807, 2.05) is 20.8 Å². The van der Waals surface area contributed by atoms with Gasteiger partial charge in [0.2, 0.25) is 5.91 Å². The van der Waals surface area contributed by atoms with Crippen molar-refractivity contribution in [1.82, 2.24) is 5.32 Å². The highest BCUT2D eigenvalue weighted by Gasteiger charge is 2.34. The monoisotopic (exact) mass is 264 g/mol. The lowest BCUT2D eigenvalue weighted by Gasteiger charge is -2.27. The molecule has 0 fully saturated rings. The first-order valence-corrected chi connectivity index (χ1v) is 7.44. The normalized spacial score (nSPS) is 16.4. The molecular formula is C11H24N2O3S. The summed E-state index contributed by atoms with van der Waals surface area (Å²) < 4.78 is 23.9. The topological polar surface area (TPSA) is 89.3 Å². The molecule has 0 saturated heterocycles. The van der Waals surface area contributed by atoms with Gasteiger partial charge in [-0.05, 0) is 34.1 Å². The summed E-state index contributed by atoms with van der Waals surface area (Å²) in [6, 6.07) is 0. The molecule has 102 valence electrons. The molecule has 0 aliphatic carbocycles. The van der Waals surface area contributed by atoms with Crippen molar-refractivity contribution in [3.05, 3.63) is 0 Å². The van der Waals surface area contributed by atoms with Gasteiger partial charge in [0.05, 0.1) is 5.25 Å². The van der Waals surface area contributed by atoms with Crippen LogP contribution in [0.2, 0.25) is 0 Å². The van der Waals surface area contributed by atoms with Crippen LogP contribution in [0.3, 0.4) is 0 Å². The molecule has 0 aromatic heterocycles. The Balaban J connectivity index is 4.84. The summed E-state index contributed by atoms with van der Waals surface area (Å²) in [4.78, 5) is 11.9. The van der Waals surface area contributed by atoms with E-state index < -0.39 is 31.8 Å². The number of carbonyl (C=O) groups is 1. The summed E-state index contributed by atoms with van der Waals surface area (Å²) in [7, 11) is -3.51. The van der Waals surface area contributed by atoms with Crippen molar-refractivity contribution in [1.29, 1.82) is 0 Å². The highest BCUT2D eigenvalue weighted by molar-refractivity contribution is 7.93. The summed E-state index contributed by atoms with van der Waals surface area (Å²) in [5, 5.41) is 0.968. The van der Waals surface area contributed by atoms with Gasteiger partial charge in [-0.2, -0.15) is 0 Å². The zero-order chi connectivity index (χ0) is 13.9. The van der Waals surface area contributed by atoms with Crippen LogP contribution in [0.25, 0.3) is 0 Å². The molecule has 0 bridgehead atoms. The molecule has 2 unspecified atom stereocenters. The molecule has 0 heterocycles. The van der Waals surface area contributed by atoms with Crippen molar-refractivity contribution in [2.45, 2.75) is 57.1 Å². The van der Waals surface area contributed by atoms with Crippen molar-refractivity contribution in [2.24, 2.45) is 5.73 Å². The summed E-state index contributed by atoms with van der Waals surface area (Å²) in [5.74, 6) is -0.461. The molecule has 17 heavy (non-hydrogen) atoms. The number of hydrogen-bond acceptors (Lipinski definition) is 4. The van der Waals surface area contributed by atoms with Crippen molar-refractivity contribution in [2.75, 3.05) is 6.54 Å². The Morgan fingerprint density at radius 2 is 1.82 bits per heavy atom. The fourth-order valence-corrected chi connectivity index (χ4v) is 2.48. The highest BCUT2D eigenvalue weighted by Crippen LogP contribution is 2.12. The van der Waals surface area contributed by atoms with Crippen LogP contribution in [-0.2, 0) is 14.6 Å². The molecule has 6 heteroatoms. The van der Waals surface area contributed by atoms with Gasteiger partial charge in [-0.1, -0.05) is 6.92 Å². The number of rotatable bonds is 6. The van der Waals surface area contributed by atoms with Crippen LogP contribution in [0.1, 0.15) is 41.0 Å². The molecule has 0 aromatic rings. The van der Waals surface area contributed by atoms with Crippen LogP contribution in [-0.4, -0.2) is 36.9 Å². The van der Waals surface area contributed by atoms with Crippen LogP contribution in [0.4, 0.5) is 0 Å². The average molecular weight is 264 g/mol. The Hall–Kier alpha value is -0.620. The quantitative estimate of drug-likeness (QED) is 0.728. The van der Waals surface area contributed by atoms with E-state index in [-0.39, 0.29) is 6.54 Å². The van der Waals surface area contributed by atoms with E-state index in [0.717, 1.165) is 6.42 Å². The predicted octanol–water partition coefficient (Wildman–Crippen LogP) is 0.442. The smallest absolute Gasteiger partial charge is 0.238 e. The van der Waals surface area contributed by atoms with Crippen LogP contribution in [0, 0.1) is 0 Å². The number of nitrogens with one attached hydrogen (secondary N) is 1. The molecule has 2 atom stereocenters. The first kappa shape index (κ1) is 16.4. The zero-order valence-corrected chi connectivity index (χ0v) is 12.1. The molecule has 0 rings (SSSR count). The van der Waals surface area contributed by atoms with Crippen molar-refractivity contribution >= 4 is 15.7 Å². The fraction of sp³-hybridized carbons (Fsp3) is 0.909. The van der Waals surface area contributed by atoms with Gasteiger partial charge in [0.15, 0.2) is 9.84 Å². The van der Waals surface area contributed by atoms with Gasteiger partial charge in [-0.15, -0.1) is 0 Å². The standard InChI is InChI=1S/C11H24N2O3S/c1-6-11(4,5)13-10(14)9(3)17(15,16)8(2)7-12/h8-9H,6-7,12H2,1-5H3,(H,13,14). The third-order valence-corrected chi connectivity index (χ3v) is 5.61.